The van der Waals surface area contributed by atoms with Crippen LogP contribution < -0.4 is 4.74 Å². The van der Waals surface area contributed by atoms with E-state index in [1.807, 2.05) is 54.9 Å². The van der Waals surface area contributed by atoms with Gasteiger partial charge in [-0.1, -0.05) is 18.2 Å². The van der Waals surface area contributed by atoms with Crippen LogP contribution in [0.5, 0.6) is 5.75 Å². The average molecular weight is 447 g/mol. The lowest BCUT2D eigenvalue weighted by atomic mass is 9.89. The smallest absolute Gasteiger partial charge is 0.168 e. The van der Waals surface area contributed by atoms with E-state index in [1.165, 1.54) is 0 Å². The maximum atomic E-state index is 15.3. The summed E-state index contributed by atoms with van der Waals surface area (Å²) in [5.41, 5.74) is 3.55. The van der Waals surface area contributed by atoms with E-state index in [1.54, 1.807) is 19.4 Å². The summed E-state index contributed by atoms with van der Waals surface area (Å²) in [6, 6.07) is 11.6. The number of hydrogen-bond acceptors (Lipinski definition) is 4. The number of ether oxygens (including phenoxy) is 3. The van der Waals surface area contributed by atoms with Gasteiger partial charge in [0.15, 0.2) is 11.6 Å². The van der Waals surface area contributed by atoms with Gasteiger partial charge in [0.2, 0.25) is 0 Å². The average Bonchev–Trinajstić information content (AvgIpc) is 3.20. The molecule has 1 aliphatic heterocycles. The Morgan fingerprint density at radius 2 is 1.97 bits per heavy atom. The van der Waals surface area contributed by atoms with E-state index in [-0.39, 0.29) is 42.6 Å². The fourth-order valence-electron chi connectivity index (χ4n) is 3.99. The summed E-state index contributed by atoms with van der Waals surface area (Å²) in [7, 11) is 1.67. The maximum absolute atomic E-state index is 15.3. The van der Waals surface area contributed by atoms with Crippen LogP contribution in [0.25, 0.3) is 5.69 Å². The molecule has 0 radical (unpaired) electrons. The predicted octanol–water partition coefficient (Wildman–Crippen LogP) is 5.15. The SMILES string of the molecule is COC1CCOCC1c1cc(C)cc(OCc2ccc(-n3ccnc3C)cc2)c1F.Cl. The molecule has 4 rings (SSSR count). The third-order valence-electron chi connectivity index (χ3n) is 5.64. The van der Waals surface area contributed by atoms with Crippen molar-refractivity contribution >= 4 is 12.4 Å². The Labute approximate surface area is 188 Å². The van der Waals surface area contributed by atoms with Gasteiger partial charge in [0.1, 0.15) is 12.4 Å². The van der Waals surface area contributed by atoms with Crippen LogP contribution in [-0.2, 0) is 16.1 Å². The molecule has 5 nitrogen and oxygen atoms in total. The minimum Gasteiger partial charge on any atom is -0.486 e. The van der Waals surface area contributed by atoms with Crippen LogP contribution in [0.4, 0.5) is 4.39 Å². The molecule has 2 aromatic carbocycles. The van der Waals surface area contributed by atoms with E-state index < -0.39 is 0 Å². The molecule has 1 fully saturated rings. The number of aryl methyl sites for hydroxylation is 2. The molecule has 0 aliphatic carbocycles. The Balaban J connectivity index is 0.00000272. The summed E-state index contributed by atoms with van der Waals surface area (Å²) in [5, 5.41) is 0. The molecular weight excluding hydrogens is 419 g/mol. The molecule has 0 spiro atoms. The molecule has 2 atom stereocenters. The van der Waals surface area contributed by atoms with Crippen molar-refractivity contribution in [3.05, 3.63) is 77.1 Å². The third kappa shape index (κ3) is 5.09. The molecule has 0 bridgehead atoms. The molecule has 31 heavy (non-hydrogen) atoms. The third-order valence-corrected chi connectivity index (χ3v) is 5.64. The molecule has 0 amide bonds. The second kappa shape index (κ2) is 10.3. The zero-order valence-electron chi connectivity index (χ0n) is 18.0. The first kappa shape index (κ1) is 23.3. The highest BCUT2D eigenvalue weighted by Gasteiger charge is 2.30. The zero-order chi connectivity index (χ0) is 21.1. The highest BCUT2D eigenvalue weighted by atomic mass is 35.5. The molecule has 0 N–H and O–H groups in total. The van der Waals surface area contributed by atoms with Gasteiger partial charge in [-0.05, 0) is 55.2 Å². The van der Waals surface area contributed by atoms with Gasteiger partial charge >= 0.3 is 0 Å². The van der Waals surface area contributed by atoms with Gasteiger partial charge in [-0.2, -0.15) is 0 Å². The summed E-state index contributed by atoms with van der Waals surface area (Å²) in [4.78, 5) is 4.25. The normalized spacial score (nSPS) is 18.5. The molecule has 3 aromatic rings. The minimum atomic E-state index is -0.330. The predicted molar refractivity (Wildman–Crippen MR) is 120 cm³/mol. The number of benzene rings is 2. The quantitative estimate of drug-likeness (QED) is 0.525. The zero-order valence-corrected chi connectivity index (χ0v) is 18.8. The van der Waals surface area contributed by atoms with Crippen molar-refractivity contribution in [2.24, 2.45) is 0 Å². The van der Waals surface area contributed by atoms with Crippen LogP contribution in [0.3, 0.4) is 0 Å². The summed E-state index contributed by atoms with van der Waals surface area (Å²) in [6.45, 7) is 5.29. The van der Waals surface area contributed by atoms with Gasteiger partial charge < -0.3 is 18.8 Å². The van der Waals surface area contributed by atoms with Gasteiger partial charge in [0, 0.05) is 37.7 Å². The Morgan fingerprint density at radius 1 is 1.19 bits per heavy atom. The second-order valence-electron chi connectivity index (χ2n) is 7.71. The lowest BCUT2D eigenvalue weighted by Crippen LogP contribution is -2.32. The minimum absolute atomic E-state index is 0. The van der Waals surface area contributed by atoms with Gasteiger partial charge in [-0.3, -0.25) is 0 Å². The fraction of sp³-hybridized carbons (Fsp3) is 0.375. The lowest BCUT2D eigenvalue weighted by molar-refractivity contribution is -0.0295. The van der Waals surface area contributed by atoms with Crippen molar-refractivity contribution in [1.82, 2.24) is 9.55 Å². The van der Waals surface area contributed by atoms with Crippen LogP contribution >= 0.6 is 12.4 Å². The second-order valence-corrected chi connectivity index (χ2v) is 7.71. The Kier molecular flexibility index (Phi) is 7.70. The fourth-order valence-corrected chi connectivity index (χ4v) is 3.99. The Bertz CT molecular complexity index is 1010. The molecule has 0 saturated carbocycles. The number of halogens is 2. The molecule has 166 valence electrons. The summed E-state index contributed by atoms with van der Waals surface area (Å²) < 4.78 is 34.4. The monoisotopic (exact) mass is 446 g/mol. The van der Waals surface area contributed by atoms with E-state index in [4.69, 9.17) is 14.2 Å². The Hall–Kier alpha value is -2.41. The molecule has 2 unspecified atom stereocenters. The summed E-state index contributed by atoms with van der Waals surface area (Å²) >= 11 is 0. The summed E-state index contributed by atoms with van der Waals surface area (Å²) in [5.74, 6) is 0.724. The van der Waals surface area contributed by atoms with Crippen LogP contribution in [0.1, 0.15) is 34.9 Å². The molecule has 1 saturated heterocycles. The molecule has 2 heterocycles. The standard InChI is InChI=1S/C24H27FN2O3.ClH/c1-16-12-20(21-15-29-11-8-22(21)28-3)24(25)23(13-16)30-14-18-4-6-19(7-5-18)27-10-9-26-17(27)2;/h4-7,9-10,12-13,21-22H,8,11,14-15H2,1-3H3;1H. The first-order valence-electron chi connectivity index (χ1n) is 10.2. The number of nitrogens with zero attached hydrogens (tertiary/aromatic N) is 2. The van der Waals surface area contributed by atoms with Crippen LogP contribution in [0.15, 0.2) is 48.8 Å². The first-order chi connectivity index (χ1) is 14.6. The first-order valence-corrected chi connectivity index (χ1v) is 10.2. The van der Waals surface area contributed by atoms with Gasteiger partial charge in [-0.15, -0.1) is 12.4 Å². The number of hydrogen-bond donors (Lipinski definition) is 0. The Morgan fingerprint density at radius 3 is 2.65 bits per heavy atom. The van der Waals surface area contributed by atoms with Crippen molar-refractivity contribution in [2.45, 2.75) is 38.9 Å². The topological polar surface area (TPSA) is 45.5 Å². The molecule has 1 aromatic heterocycles. The lowest BCUT2D eigenvalue weighted by Gasteiger charge is -2.31. The van der Waals surface area contributed by atoms with Crippen molar-refractivity contribution in [1.29, 1.82) is 0 Å². The molecule has 7 heteroatoms. The van der Waals surface area contributed by atoms with Crippen molar-refractivity contribution in [3.8, 4) is 11.4 Å². The van der Waals surface area contributed by atoms with Gasteiger partial charge in [-0.25, -0.2) is 9.37 Å². The van der Waals surface area contributed by atoms with E-state index in [9.17, 15) is 0 Å². The van der Waals surface area contributed by atoms with Crippen molar-refractivity contribution in [3.63, 3.8) is 0 Å². The van der Waals surface area contributed by atoms with E-state index in [0.717, 1.165) is 29.1 Å². The highest BCUT2D eigenvalue weighted by molar-refractivity contribution is 5.85. The van der Waals surface area contributed by atoms with E-state index >= 15 is 4.39 Å². The largest absolute Gasteiger partial charge is 0.486 e. The van der Waals surface area contributed by atoms with Gasteiger partial charge in [0.25, 0.3) is 0 Å². The van der Waals surface area contributed by atoms with E-state index in [2.05, 4.69) is 4.98 Å². The molecular formula is C24H28ClFN2O3. The highest BCUT2D eigenvalue weighted by Crippen LogP contribution is 2.34. The van der Waals surface area contributed by atoms with Crippen LogP contribution in [0.2, 0.25) is 0 Å². The number of imidazole rings is 1. The van der Waals surface area contributed by atoms with Crippen molar-refractivity contribution in [2.75, 3.05) is 20.3 Å². The van der Waals surface area contributed by atoms with E-state index in [0.29, 0.717) is 18.8 Å². The number of aromatic nitrogens is 2. The maximum Gasteiger partial charge on any atom is 0.168 e. The van der Waals surface area contributed by atoms with Crippen molar-refractivity contribution < 1.29 is 18.6 Å². The number of rotatable bonds is 6. The molecule has 1 aliphatic rings. The van der Waals surface area contributed by atoms with Gasteiger partial charge in [0.05, 0.1) is 12.7 Å². The number of methoxy groups -OCH3 is 1. The van der Waals surface area contributed by atoms with Crippen LogP contribution in [-0.4, -0.2) is 36.0 Å². The summed E-state index contributed by atoms with van der Waals surface area (Å²) in [6.07, 6.45) is 4.40. The van der Waals surface area contributed by atoms with Crippen LogP contribution in [0, 0.1) is 19.7 Å².